The Morgan fingerprint density at radius 2 is 1.96 bits per heavy atom. The molecule has 1 heterocycles. The summed E-state index contributed by atoms with van der Waals surface area (Å²) in [6.07, 6.45) is 0. The normalized spacial score (nSPS) is 17.2. The Bertz CT molecular complexity index is 769. The first-order valence-corrected chi connectivity index (χ1v) is 8.82. The lowest BCUT2D eigenvalue weighted by molar-refractivity contribution is -0.116. The number of nitrogens with one attached hydrogen (secondary N) is 1. The molecule has 1 atom stereocenters. The van der Waals surface area contributed by atoms with Gasteiger partial charge in [-0.2, -0.15) is 0 Å². The second-order valence-corrected chi connectivity index (χ2v) is 6.52. The first-order valence-electron chi connectivity index (χ1n) is 7.24. The fraction of sp³-hybridized carbons (Fsp3) is 0.176. The van der Waals surface area contributed by atoms with Gasteiger partial charge in [-0.25, -0.2) is 4.39 Å². The minimum Gasteiger partial charge on any atom is -0.325 e. The monoisotopic (exact) mass is 364 g/mol. The van der Waals surface area contributed by atoms with Crippen LogP contribution in [0.2, 0.25) is 0 Å². The first kappa shape index (κ1) is 16.8. The van der Waals surface area contributed by atoms with Crippen molar-refractivity contribution < 1.29 is 14.0 Å². The maximum Gasteiger partial charge on any atom is 0.239 e. The van der Waals surface area contributed by atoms with Crippen molar-refractivity contribution in [2.75, 3.05) is 21.8 Å². The number of carbonyl (C=O) groups is 2. The third kappa shape index (κ3) is 3.39. The van der Waals surface area contributed by atoms with Crippen LogP contribution in [0, 0.1) is 5.82 Å². The first-order chi connectivity index (χ1) is 11.6. The van der Waals surface area contributed by atoms with E-state index in [0.717, 1.165) is 5.56 Å². The molecule has 2 aromatic rings. The number of nitrogens with zero attached hydrogens (tertiary/aromatic N) is 1. The van der Waals surface area contributed by atoms with Crippen molar-refractivity contribution in [2.45, 2.75) is 5.37 Å². The van der Waals surface area contributed by atoms with E-state index in [1.165, 1.54) is 22.7 Å². The van der Waals surface area contributed by atoms with Crippen LogP contribution in [-0.4, -0.2) is 23.4 Å². The Labute approximate surface area is 148 Å². The van der Waals surface area contributed by atoms with Gasteiger partial charge in [0, 0.05) is 5.69 Å². The van der Waals surface area contributed by atoms with Crippen molar-refractivity contribution in [3.05, 3.63) is 59.9 Å². The summed E-state index contributed by atoms with van der Waals surface area (Å²) in [4.78, 5) is 25.0. The summed E-state index contributed by atoms with van der Waals surface area (Å²) >= 11 is 6.90. The topological polar surface area (TPSA) is 49.4 Å². The van der Waals surface area contributed by atoms with Crippen LogP contribution in [0.5, 0.6) is 0 Å². The summed E-state index contributed by atoms with van der Waals surface area (Å²) in [7, 11) is 0. The third-order valence-corrected chi connectivity index (χ3v) is 5.04. The Morgan fingerprint density at radius 3 is 2.62 bits per heavy atom. The Kier molecular flexibility index (Phi) is 5.06. The molecule has 2 amide bonds. The second-order valence-electron chi connectivity index (χ2n) is 5.18. The number of thioether (sulfide) groups is 1. The van der Waals surface area contributed by atoms with Crippen LogP contribution in [0.1, 0.15) is 10.9 Å². The molecule has 0 spiro atoms. The number of halogens is 2. The highest BCUT2D eigenvalue weighted by molar-refractivity contribution is 8.00. The Balaban J connectivity index is 1.86. The average molecular weight is 365 g/mol. The number of benzene rings is 2. The average Bonchev–Trinajstić information content (AvgIpc) is 2.97. The Hall–Kier alpha value is -2.05. The van der Waals surface area contributed by atoms with Crippen molar-refractivity contribution in [1.82, 2.24) is 0 Å². The molecule has 124 valence electrons. The van der Waals surface area contributed by atoms with Gasteiger partial charge in [0.05, 0.1) is 11.4 Å². The molecule has 24 heavy (non-hydrogen) atoms. The quantitative estimate of drug-likeness (QED) is 0.840. The van der Waals surface area contributed by atoms with Crippen LogP contribution in [0.25, 0.3) is 0 Å². The molecule has 0 aliphatic carbocycles. The number of carbonyl (C=O) groups excluding carboxylic acids is 2. The molecule has 0 radical (unpaired) electrons. The molecular weight excluding hydrogens is 351 g/mol. The standard InChI is InChI=1S/C17H14ClFN2O2S/c18-9-15(22)20-12-7-5-11(6-8-12)17-21(16(23)10-24-17)14-4-2-1-3-13(14)19/h1-8,17H,9-10H2,(H,20,22)/t17-/m1/s1. The molecule has 4 nitrogen and oxygen atoms in total. The van der Waals surface area contributed by atoms with Crippen LogP contribution in [0.15, 0.2) is 48.5 Å². The molecule has 1 N–H and O–H groups in total. The van der Waals surface area contributed by atoms with Gasteiger partial charge in [0.1, 0.15) is 17.1 Å². The van der Waals surface area contributed by atoms with Gasteiger partial charge in [-0.15, -0.1) is 23.4 Å². The van der Waals surface area contributed by atoms with Gasteiger partial charge in [-0.1, -0.05) is 24.3 Å². The highest BCUT2D eigenvalue weighted by Crippen LogP contribution is 2.42. The predicted molar refractivity (Wildman–Crippen MR) is 94.9 cm³/mol. The molecule has 1 fully saturated rings. The van der Waals surface area contributed by atoms with E-state index in [1.54, 1.807) is 30.3 Å². The largest absolute Gasteiger partial charge is 0.325 e. The minimum absolute atomic E-state index is 0.115. The maximum absolute atomic E-state index is 14.1. The highest BCUT2D eigenvalue weighted by atomic mass is 35.5. The van der Waals surface area contributed by atoms with Gasteiger partial charge >= 0.3 is 0 Å². The number of anilines is 2. The molecule has 2 aromatic carbocycles. The van der Waals surface area contributed by atoms with Crippen molar-refractivity contribution in [3.8, 4) is 0 Å². The van der Waals surface area contributed by atoms with Gasteiger partial charge in [0.2, 0.25) is 11.8 Å². The SMILES string of the molecule is O=C(CCl)Nc1ccc([C@H]2SCC(=O)N2c2ccccc2F)cc1. The zero-order chi connectivity index (χ0) is 17.1. The summed E-state index contributed by atoms with van der Waals surface area (Å²) in [6.45, 7) is 0. The molecular formula is C17H14ClFN2O2S. The van der Waals surface area contributed by atoms with E-state index in [9.17, 15) is 14.0 Å². The van der Waals surface area contributed by atoms with E-state index in [4.69, 9.17) is 11.6 Å². The summed E-state index contributed by atoms with van der Waals surface area (Å²) in [5, 5.41) is 2.35. The summed E-state index contributed by atoms with van der Waals surface area (Å²) in [5.74, 6) is -0.665. The minimum atomic E-state index is -0.427. The van der Waals surface area contributed by atoms with Crippen LogP contribution in [0.4, 0.5) is 15.8 Å². The van der Waals surface area contributed by atoms with Crippen molar-refractivity contribution in [1.29, 1.82) is 0 Å². The van der Waals surface area contributed by atoms with Crippen molar-refractivity contribution in [3.63, 3.8) is 0 Å². The van der Waals surface area contributed by atoms with E-state index in [-0.39, 0.29) is 28.8 Å². The predicted octanol–water partition coefficient (Wildman–Crippen LogP) is 3.78. The van der Waals surface area contributed by atoms with Crippen molar-refractivity contribution in [2.24, 2.45) is 0 Å². The number of alkyl halides is 1. The van der Waals surface area contributed by atoms with Crippen molar-refractivity contribution >= 4 is 46.6 Å². The molecule has 3 rings (SSSR count). The van der Waals surface area contributed by atoms with E-state index in [2.05, 4.69) is 5.32 Å². The van der Waals surface area contributed by atoms with Gasteiger partial charge in [0.25, 0.3) is 0 Å². The summed E-state index contributed by atoms with van der Waals surface area (Å²) < 4.78 is 14.1. The number of hydrogen-bond donors (Lipinski definition) is 1. The van der Waals surface area contributed by atoms with Gasteiger partial charge in [0.15, 0.2) is 0 Å². The van der Waals surface area contributed by atoms with Gasteiger partial charge in [-0.3, -0.25) is 14.5 Å². The lowest BCUT2D eigenvalue weighted by Gasteiger charge is -2.24. The van der Waals surface area contributed by atoms with Gasteiger partial charge < -0.3 is 5.32 Å². The second kappa shape index (κ2) is 7.23. The number of para-hydroxylation sites is 1. The number of hydrogen-bond acceptors (Lipinski definition) is 3. The maximum atomic E-state index is 14.1. The van der Waals surface area contributed by atoms with E-state index < -0.39 is 5.82 Å². The third-order valence-electron chi connectivity index (χ3n) is 3.58. The lowest BCUT2D eigenvalue weighted by Crippen LogP contribution is -2.28. The number of amides is 2. The molecule has 0 saturated carbocycles. The molecule has 0 aromatic heterocycles. The molecule has 0 bridgehead atoms. The lowest BCUT2D eigenvalue weighted by atomic mass is 10.1. The van der Waals surface area contributed by atoms with Crippen LogP contribution < -0.4 is 10.2 Å². The van der Waals surface area contributed by atoms with E-state index in [0.29, 0.717) is 11.4 Å². The van der Waals surface area contributed by atoms with E-state index >= 15 is 0 Å². The smallest absolute Gasteiger partial charge is 0.239 e. The van der Waals surface area contributed by atoms with Crippen LogP contribution in [0.3, 0.4) is 0 Å². The van der Waals surface area contributed by atoms with E-state index in [1.807, 2.05) is 12.1 Å². The summed E-state index contributed by atoms with van der Waals surface area (Å²) in [5.41, 5.74) is 1.76. The number of rotatable bonds is 4. The molecule has 1 saturated heterocycles. The zero-order valence-electron chi connectivity index (χ0n) is 12.5. The highest BCUT2D eigenvalue weighted by Gasteiger charge is 2.35. The Morgan fingerprint density at radius 1 is 1.25 bits per heavy atom. The molecule has 1 aliphatic rings. The fourth-order valence-electron chi connectivity index (χ4n) is 2.50. The molecule has 0 unspecified atom stereocenters. The zero-order valence-corrected chi connectivity index (χ0v) is 14.1. The summed E-state index contributed by atoms with van der Waals surface area (Å²) in [6, 6.07) is 13.3. The molecule has 7 heteroatoms. The van der Waals surface area contributed by atoms with Crippen LogP contribution in [-0.2, 0) is 9.59 Å². The molecule has 1 aliphatic heterocycles. The van der Waals surface area contributed by atoms with Gasteiger partial charge in [-0.05, 0) is 29.8 Å². The fourth-order valence-corrected chi connectivity index (χ4v) is 3.74. The van der Waals surface area contributed by atoms with Crippen LogP contribution >= 0.6 is 23.4 Å².